The summed E-state index contributed by atoms with van der Waals surface area (Å²) < 4.78 is 44.3. The molecule has 0 radical (unpaired) electrons. The van der Waals surface area contributed by atoms with Crippen LogP contribution >= 0.6 is 0 Å². The minimum atomic E-state index is -4.62. The fourth-order valence-electron chi connectivity index (χ4n) is 1.65. The van der Waals surface area contributed by atoms with E-state index < -0.39 is 17.8 Å². The van der Waals surface area contributed by atoms with Crippen molar-refractivity contribution in [2.45, 2.75) is 13.1 Å². The second-order valence-corrected chi connectivity index (χ2v) is 3.88. The molecule has 0 N–H and O–H groups in total. The van der Waals surface area contributed by atoms with Gasteiger partial charge in [0.25, 0.3) is 0 Å². The Bertz CT molecular complexity index is 606. The minimum absolute atomic E-state index is 0.0678. The average Bonchev–Trinajstić information content (AvgIpc) is 2.85. The lowest BCUT2D eigenvalue weighted by atomic mass is 10.3. The molecule has 0 bridgehead atoms. The summed E-state index contributed by atoms with van der Waals surface area (Å²) in [5.41, 5.74) is -1.18. The highest BCUT2D eigenvalue weighted by Crippen LogP contribution is 2.31. The van der Waals surface area contributed by atoms with E-state index in [1.54, 1.807) is 25.1 Å². The molecular formula is C13H11F3N2O2. The van der Waals surface area contributed by atoms with Crippen LogP contribution in [-0.2, 0) is 10.9 Å². The molecule has 0 fully saturated rings. The molecule has 4 nitrogen and oxygen atoms in total. The van der Waals surface area contributed by atoms with E-state index in [1.165, 1.54) is 12.1 Å². The van der Waals surface area contributed by atoms with Crippen LogP contribution in [0.25, 0.3) is 5.69 Å². The van der Waals surface area contributed by atoms with Crippen LogP contribution in [0.4, 0.5) is 13.2 Å². The second kappa shape index (κ2) is 5.36. The van der Waals surface area contributed by atoms with E-state index >= 15 is 0 Å². The highest BCUT2D eigenvalue weighted by atomic mass is 19.4. The van der Waals surface area contributed by atoms with E-state index in [0.29, 0.717) is 10.7 Å². The number of ether oxygens (including phenoxy) is 1. The maximum absolute atomic E-state index is 13.0. The molecule has 0 aliphatic rings. The third kappa shape index (κ3) is 2.81. The molecule has 2 rings (SSSR count). The van der Waals surface area contributed by atoms with Crippen molar-refractivity contribution in [3.05, 3.63) is 47.8 Å². The first-order chi connectivity index (χ1) is 9.43. The van der Waals surface area contributed by atoms with Gasteiger partial charge >= 0.3 is 12.1 Å². The van der Waals surface area contributed by atoms with Crippen molar-refractivity contribution in [2.75, 3.05) is 6.61 Å². The molecule has 0 saturated carbocycles. The smallest absolute Gasteiger partial charge is 0.433 e. The molecule has 0 amide bonds. The van der Waals surface area contributed by atoms with Crippen molar-refractivity contribution in [3.63, 3.8) is 0 Å². The van der Waals surface area contributed by atoms with Gasteiger partial charge in [0.1, 0.15) is 5.69 Å². The van der Waals surface area contributed by atoms with Gasteiger partial charge in [-0.2, -0.15) is 18.3 Å². The van der Waals surface area contributed by atoms with Gasteiger partial charge in [0, 0.05) is 6.07 Å². The zero-order chi connectivity index (χ0) is 14.8. The predicted octanol–water partition coefficient (Wildman–Crippen LogP) is 3.07. The summed E-state index contributed by atoms with van der Waals surface area (Å²) in [6, 6.07) is 8.47. The lowest BCUT2D eigenvalue weighted by molar-refractivity contribution is -0.142. The topological polar surface area (TPSA) is 44.1 Å². The van der Waals surface area contributed by atoms with Crippen LogP contribution in [0.1, 0.15) is 23.1 Å². The summed E-state index contributed by atoms with van der Waals surface area (Å²) >= 11 is 0. The zero-order valence-corrected chi connectivity index (χ0v) is 10.5. The number of halogens is 3. The van der Waals surface area contributed by atoms with Gasteiger partial charge in [-0.15, -0.1) is 0 Å². The summed E-state index contributed by atoms with van der Waals surface area (Å²) in [6.45, 7) is 1.63. The van der Waals surface area contributed by atoms with E-state index in [9.17, 15) is 18.0 Å². The van der Waals surface area contributed by atoms with Crippen molar-refractivity contribution < 1.29 is 22.7 Å². The number of esters is 1. The molecule has 1 aromatic heterocycles. The number of carbonyl (C=O) groups excluding carboxylic acids is 1. The van der Waals surface area contributed by atoms with Gasteiger partial charge < -0.3 is 4.74 Å². The molecule has 20 heavy (non-hydrogen) atoms. The third-order valence-electron chi connectivity index (χ3n) is 2.49. The molecule has 1 heterocycles. The van der Waals surface area contributed by atoms with Crippen molar-refractivity contribution in [1.29, 1.82) is 0 Å². The monoisotopic (exact) mass is 284 g/mol. The standard InChI is InChI=1S/C13H11F3N2O2/c1-2-20-12(19)10-8-11(13(14,15)16)18(17-10)9-6-4-3-5-7-9/h3-8H,2H2,1H3. The Morgan fingerprint density at radius 2 is 1.95 bits per heavy atom. The Morgan fingerprint density at radius 1 is 1.30 bits per heavy atom. The van der Waals surface area contributed by atoms with Gasteiger partial charge in [-0.05, 0) is 19.1 Å². The van der Waals surface area contributed by atoms with Crippen LogP contribution in [0.15, 0.2) is 36.4 Å². The van der Waals surface area contributed by atoms with Crippen molar-refractivity contribution in [2.24, 2.45) is 0 Å². The van der Waals surface area contributed by atoms with Gasteiger partial charge in [0.15, 0.2) is 5.69 Å². The lowest BCUT2D eigenvalue weighted by Crippen LogP contribution is -2.13. The van der Waals surface area contributed by atoms with Gasteiger partial charge in [0.2, 0.25) is 0 Å². The fourth-order valence-corrected chi connectivity index (χ4v) is 1.65. The summed E-state index contributed by atoms with van der Waals surface area (Å²) in [4.78, 5) is 11.5. The Morgan fingerprint density at radius 3 is 2.50 bits per heavy atom. The molecule has 106 valence electrons. The number of hydrogen-bond acceptors (Lipinski definition) is 3. The number of benzene rings is 1. The number of alkyl halides is 3. The minimum Gasteiger partial charge on any atom is -0.461 e. The maximum atomic E-state index is 13.0. The number of aromatic nitrogens is 2. The van der Waals surface area contributed by atoms with E-state index in [4.69, 9.17) is 0 Å². The predicted molar refractivity (Wildman–Crippen MR) is 64.5 cm³/mol. The molecule has 0 spiro atoms. The van der Waals surface area contributed by atoms with Gasteiger partial charge in [-0.25, -0.2) is 9.48 Å². The molecule has 2 aromatic rings. The van der Waals surface area contributed by atoms with Crippen LogP contribution in [0, 0.1) is 0 Å². The molecule has 0 saturated heterocycles. The first-order valence-corrected chi connectivity index (χ1v) is 5.83. The first-order valence-electron chi connectivity index (χ1n) is 5.83. The van der Waals surface area contributed by atoms with Crippen molar-refractivity contribution >= 4 is 5.97 Å². The van der Waals surface area contributed by atoms with Crippen molar-refractivity contribution in [1.82, 2.24) is 9.78 Å². The normalized spacial score (nSPS) is 11.4. The number of nitrogens with zero attached hydrogens (tertiary/aromatic N) is 2. The Labute approximate surface area is 112 Å². The largest absolute Gasteiger partial charge is 0.461 e. The van der Waals surface area contributed by atoms with Crippen LogP contribution in [-0.4, -0.2) is 22.4 Å². The second-order valence-electron chi connectivity index (χ2n) is 3.88. The van der Waals surface area contributed by atoms with Crippen LogP contribution < -0.4 is 0 Å². The molecule has 1 aromatic carbocycles. The molecule has 0 aliphatic carbocycles. The van der Waals surface area contributed by atoms with E-state index in [2.05, 4.69) is 9.84 Å². The van der Waals surface area contributed by atoms with Gasteiger partial charge in [-0.3, -0.25) is 0 Å². The SMILES string of the molecule is CCOC(=O)c1cc(C(F)(F)F)n(-c2ccccc2)n1. The highest BCUT2D eigenvalue weighted by Gasteiger charge is 2.37. The molecule has 7 heteroatoms. The summed E-state index contributed by atoms with van der Waals surface area (Å²) in [7, 11) is 0. The van der Waals surface area contributed by atoms with Gasteiger partial charge in [0.05, 0.1) is 12.3 Å². The summed E-state index contributed by atoms with van der Waals surface area (Å²) in [5.74, 6) is -0.882. The zero-order valence-electron chi connectivity index (χ0n) is 10.5. The molecule has 0 aliphatic heterocycles. The Balaban J connectivity index is 2.52. The Kier molecular flexibility index (Phi) is 3.78. The maximum Gasteiger partial charge on any atom is 0.433 e. The van der Waals surface area contributed by atoms with Gasteiger partial charge in [-0.1, -0.05) is 18.2 Å². The number of para-hydroxylation sites is 1. The quantitative estimate of drug-likeness (QED) is 0.814. The average molecular weight is 284 g/mol. The summed E-state index contributed by atoms with van der Waals surface area (Å²) in [6.07, 6.45) is -4.62. The van der Waals surface area contributed by atoms with Crippen LogP contribution in [0.3, 0.4) is 0 Å². The fraction of sp³-hybridized carbons (Fsp3) is 0.231. The van der Waals surface area contributed by atoms with E-state index in [0.717, 1.165) is 0 Å². The molecule has 0 unspecified atom stereocenters. The number of carbonyl (C=O) groups is 1. The summed E-state index contributed by atoms with van der Waals surface area (Å²) in [5, 5.41) is 3.69. The van der Waals surface area contributed by atoms with E-state index in [1.807, 2.05) is 0 Å². The Hall–Kier alpha value is -2.31. The van der Waals surface area contributed by atoms with Crippen molar-refractivity contribution in [3.8, 4) is 5.69 Å². The number of rotatable bonds is 3. The van der Waals surface area contributed by atoms with E-state index in [-0.39, 0.29) is 18.0 Å². The lowest BCUT2D eigenvalue weighted by Gasteiger charge is -2.09. The molecular weight excluding hydrogens is 273 g/mol. The number of hydrogen-bond donors (Lipinski definition) is 0. The first kappa shape index (κ1) is 14.1. The highest BCUT2D eigenvalue weighted by molar-refractivity contribution is 5.87. The van der Waals surface area contributed by atoms with Crippen LogP contribution in [0.2, 0.25) is 0 Å². The van der Waals surface area contributed by atoms with Crippen LogP contribution in [0.5, 0.6) is 0 Å². The molecule has 0 atom stereocenters. The third-order valence-corrected chi connectivity index (χ3v) is 2.49.